The van der Waals surface area contributed by atoms with Gasteiger partial charge >= 0.3 is 0 Å². The second-order valence-electron chi connectivity index (χ2n) is 40.0. The molecule has 0 aliphatic rings. The second-order valence-corrected chi connectivity index (χ2v) is 40.0. The molecule has 0 saturated carbocycles. The molecule has 0 unspecified atom stereocenters. The molecule has 0 fully saturated rings. The van der Waals surface area contributed by atoms with E-state index in [1.165, 1.54) is 424 Å². The molecule has 0 heterocycles. The summed E-state index contributed by atoms with van der Waals surface area (Å²) < 4.78 is 0. The molecule has 0 amide bonds. The fourth-order valence-electron chi connectivity index (χ4n) is 21.7. The van der Waals surface area contributed by atoms with E-state index < -0.39 is 0 Å². The predicted octanol–water partition coefficient (Wildman–Crippen LogP) is 42.9. The van der Waals surface area contributed by atoms with Crippen LogP contribution in [0, 0.1) is 0 Å². The third-order valence-corrected chi connectivity index (χ3v) is 29.5. The van der Waals surface area contributed by atoms with Gasteiger partial charge in [0.15, 0.2) is 0 Å². The largest absolute Gasteiger partial charge is 0.0654 e. The van der Waals surface area contributed by atoms with Crippen LogP contribution < -0.4 is 0 Å². The van der Waals surface area contributed by atoms with Gasteiger partial charge in [0.1, 0.15) is 0 Å². The van der Waals surface area contributed by atoms with Gasteiger partial charge in [-0.25, -0.2) is 0 Å². The summed E-state index contributed by atoms with van der Waals surface area (Å²) in [5, 5.41) is 0. The molecular weight excluding hydrogens is 1660 g/mol. The minimum Gasteiger partial charge on any atom is -0.0654 e. The van der Waals surface area contributed by atoms with Gasteiger partial charge in [-0.1, -0.05) is 599 Å². The van der Waals surface area contributed by atoms with Crippen molar-refractivity contribution in [3.8, 4) is 156 Å². The maximum Gasteiger partial charge on any atom is -0.00143 e. The van der Waals surface area contributed by atoms with Crippen molar-refractivity contribution in [2.75, 3.05) is 0 Å². The van der Waals surface area contributed by atoms with E-state index in [4.69, 9.17) is 0 Å². The Labute approximate surface area is 834 Å². The molecule has 0 spiro atoms. The molecule has 15 rings (SSSR count). The SMILES string of the molecule is CCCCCCCCCCCCc1ccc(-c2c(-c3ccccc3)cc(-c3ccc(-c4c(-c5ccccc5)ccc(-c5ccccc5)c4-c4ccc(-c5cc(-c6ccccc6)c(-c6ccc(CCCCCCCCCCCC)cc6)c(-c6ccc(CCCCCCCCCCCC)cc6)c5-c5ccccc5)cc4)cc3)c(-c3ccccc3)c2-c2ccc(CCCCCCCCCCCC)cc2)cc1. The van der Waals surface area contributed by atoms with Crippen LogP contribution in [0.25, 0.3) is 156 Å². The number of aryl methyl sites for hydroxylation is 4. The fraction of sp³-hybridized carbons (Fsp3) is 0.348. The lowest BCUT2D eigenvalue weighted by Crippen LogP contribution is -1.99. The predicted molar refractivity (Wildman–Crippen MR) is 605 cm³/mol. The molecule has 138 heavy (non-hydrogen) atoms. The quantitative estimate of drug-likeness (QED) is 0.0333. The van der Waals surface area contributed by atoms with Crippen LogP contribution in [0.2, 0.25) is 0 Å². The van der Waals surface area contributed by atoms with Crippen LogP contribution in [-0.2, 0) is 25.7 Å². The molecule has 0 radical (unpaired) electrons. The number of rotatable bonds is 58. The average Bonchev–Trinajstić information content (AvgIpc) is 0.734. The maximum atomic E-state index is 2.55. The molecule has 0 aliphatic carbocycles. The van der Waals surface area contributed by atoms with Gasteiger partial charge in [-0.2, -0.15) is 0 Å². The van der Waals surface area contributed by atoms with E-state index in [2.05, 4.69) is 380 Å². The van der Waals surface area contributed by atoms with Gasteiger partial charge in [-0.3, -0.25) is 0 Å². The molecular formula is C138H158. The summed E-state index contributed by atoms with van der Waals surface area (Å²) in [4.78, 5) is 0. The van der Waals surface area contributed by atoms with E-state index in [0.29, 0.717) is 0 Å². The Hall–Kier alpha value is -11.7. The third kappa shape index (κ3) is 28.5. The fourth-order valence-corrected chi connectivity index (χ4v) is 21.7. The molecule has 0 N–H and O–H groups in total. The van der Waals surface area contributed by atoms with Crippen molar-refractivity contribution < 1.29 is 0 Å². The molecule has 15 aromatic rings. The van der Waals surface area contributed by atoms with E-state index in [9.17, 15) is 0 Å². The van der Waals surface area contributed by atoms with Crippen LogP contribution in [0.1, 0.15) is 307 Å². The summed E-state index contributed by atoms with van der Waals surface area (Å²) in [5.74, 6) is 0. The molecule has 0 nitrogen and oxygen atoms in total. The van der Waals surface area contributed by atoms with E-state index in [1.807, 2.05) is 0 Å². The average molecular weight is 1820 g/mol. The highest BCUT2D eigenvalue weighted by atomic mass is 14.3. The van der Waals surface area contributed by atoms with Gasteiger partial charge in [0.05, 0.1) is 0 Å². The number of hydrogen-bond acceptors (Lipinski definition) is 0. The second kappa shape index (κ2) is 55.8. The molecule has 0 aliphatic heterocycles. The van der Waals surface area contributed by atoms with Crippen molar-refractivity contribution in [1.82, 2.24) is 0 Å². The summed E-state index contributed by atoms with van der Waals surface area (Å²) in [6.07, 6.45) is 58.0. The van der Waals surface area contributed by atoms with Crippen molar-refractivity contribution in [2.24, 2.45) is 0 Å². The molecule has 710 valence electrons. The number of benzene rings is 15. The topological polar surface area (TPSA) is 0 Å². The summed E-state index contributed by atoms with van der Waals surface area (Å²) >= 11 is 0. The van der Waals surface area contributed by atoms with E-state index in [-0.39, 0.29) is 0 Å². The third-order valence-electron chi connectivity index (χ3n) is 29.5. The molecule has 0 atom stereocenters. The summed E-state index contributed by atoms with van der Waals surface area (Å²) in [5.41, 5.74) is 39.7. The van der Waals surface area contributed by atoms with Gasteiger partial charge in [-0.05, 0) is 242 Å². The van der Waals surface area contributed by atoms with Gasteiger partial charge in [0.2, 0.25) is 0 Å². The Balaban J connectivity index is 0.846. The number of unbranched alkanes of at least 4 members (excludes halogenated alkanes) is 36. The monoisotopic (exact) mass is 1820 g/mol. The van der Waals surface area contributed by atoms with Gasteiger partial charge in [0.25, 0.3) is 0 Å². The first kappa shape index (κ1) is 101. The molecule has 15 aromatic carbocycles. The Morgan fingerprint density at radius 3 is 0.449 bits per heavy atom. The van der Waals surface area contributed by atoms with Gasteiger partial charge in [-0.15, -0.1) is 0 Å². The normalized spacial score (nSPS) is 11.4. The van der Waals surface area contributed by atoms with Crippen LogP contribution in [0.4, 0.5) is 0 Å². The van der Waals surface area contributed by atoms with Crippen molar-refractivity contribution >= 4 is 0 Å². The van der Waals surface area contributed by atoms with Crippen molar-refractivity contribution in [2.45, 2.75) is 310 Å². The maximum absolute atomic E-state index is 2.55. The first-order valence-corrected chi connectivity index (χ1v) is 55.0. The lowest BCUT2D eigenvalue weighted by Gasteiger charge is -2.25. The Morgan fingerprint density at radius 1 is 0.109 bits per heavy atom. The lowest BCUT2D eigenvalue weighted by molar-refractivity contribution is 0.556. The minimum atomic E-state index is 1.09. The first-order chi connectivity index (χ1) is 68.4. The highest BCUT2D eigenvalue weighted by molar-refractivity contribution is 6.10. The van der Waals surface area contributed by atoms with Crippen LogP contribution in [0.3, 0.4) is 0 Å². The minimum absolute atomic E-state index is 1.09. The Kier molecular flexibility index (Phi) is 40.7. The molecule has 0 bridgehead atoms. The molecule has 0 heteroatoms. The van der Waals surface area contributed by atoms with Gasteiger partial charge < -0.3 is 0 Å². The van der Waals surface area contributed by atoms with Gasteiger partial charge in [0, 0.05) is 0 Å². The molecule has 0 saturated heterocycles. The van der Waals surface area contributed by atoms with Crippen molar-refractivity contribution in [3.05, 3.63) is 374 Å². The number of hydrogen-bond donors (Lipinski definition) is 0. The standard InChI is InChI=1S/C138H158/c1-5-9-13-17-21-25-29-33-37-47-63-107-79-87-119(88-80-107)135-127(113-71-55-43-56-72-113)105-129(133(117-75-59-45-60-76-117)137(135)123-91-83-109(84-92-123)65-49-39-35-31-27-23-19-15-11-7-3)115-95-99-121(100-96-115)131-125(111-67-51-41-52-68-111)103-104-126(112-69-53-42-54-70-112)132(131)122-101-97-116(98-102-122)130-106-128(114-73-57-44-58-74-114)136(120-89-81-108(82-90-120)64-48-38-34-30-26-22-18-14-10-6-2)138(134(130)118-77-61-46-62-78-118)124-93-85-110(86-94-124)66-50-40-36-32-28-24-20-16-12-8-4/h41-46,51-62,67-106H,5-40,47-50,63-66H2,1-4H3. The van der Waals surface area contributed by atoms with Crippen LogP contribution in [0.15, 0.2) is 352 Å². The van der Waals surface area contributed by atoms with E-state index in [0.717, 1.165) is 36.8 Å². The highest BCUT2D eigenvalue weighted by Gasteiger charge is 2.29. The lowest BCUT2D eigenvalue weighted by atomic mass is 9.78. The Bertz CT molecular complexity index is 5630. The summed E-state index contributed by atoms with van der Waals surface area (Å²) in [6.45, 7) is 9.26. The summed E-state index contributed by atoms with van der Waals surface area (Å²) in [6, 6.07) is 136. The molecule has 0 aromatic heterocycles. The van der Waals surface area contributed by atoms with Crippen molar-refractivity contribution in [1.29, 1.82) is 0 Å². The smallest absolute Gasteiger partial charge is 0.00143 e. The van der Waals surface area contributed by atoms with Crippen molar-refractivity contribution in [3.63, 3.8) is 0 Å². The van der Waals surface area contributed by atoms with Crippen LogP contribution in [0.5, 0.6) is 0 Å². The Morgan fingerprint density at radius 2 is 0.246 bits per heavy atom. The van der Waals surface area contributed by atoms with Crippen LogP contribution in [-0.4, -0.2) is 0 Å². The van der Waals surface area contributed by atoms with E-state index >= 15 is 0 Å². The zero-order valence-corrected chi connectivity index (χ0v) is 84.6. The first-order valence-electron chi connectivity index (χ1n) is 55.0. The zero-order chi connectivity index (χ0) is 94.6. The zero-order valence-electron chi connectivity index (χ0n) is 84.6. The summed E-state index contributed by atoms with van der Waals surface area (Å²) in [7, 11) is 0. The van der Waals surface area contributed by atoms with Crippen LogP contribution >= 0.6 is 0 Å². The highest BCUT2D eigenvalue weighted by Crippen LogP contribution is 2.55. The van der Waals surface area contributed by atoms with E-state index in [1.54, 1.807) is 0 Å².